The molecule has 5 nitrogen and oxygen atoms in total. The van der Waals surface area contributed by atoms with Gasteiger partial charge in [0.2, 0.25) is 5.91 Å². The van der Waals surface area contributed by atoms with Gasteiger partial charge in [-0.2, -0.15) is 5.26 Å². The Kier molecular flexibility index (Phi) is 3.15. The second kappa shape index (κ2) is 4.97. The molecule has 1 N–H and O–H groups in total. The third-order valence-corrected chi connectivity index (χ3v) is 4.05. The minimum Gasteiger partial charge on any atom is -0.334 e. The zero-order valence-electron chi connectivity index (χ0n) is 11.0. The number of fused-ring (bicyclic) bond motifs is 1. The molecule has 0 spiro atoms. The number of carbonyl (C=O) groups is 2. The van der Waals surface area contributed by atoms with Crippen LogP contribution in [0.2, 0.25) is 0 Å². The topological polar surface area (TPSA) is 73.2 Å². The molecule has 2 atom stereocenters. The third-order valence-electron chi connectivity index (χ3n) is 4.05. The highest BCUT2D eigenvalue weighted by Gasteiger charge is 2.42. The lowest BCUT2D eigenvalue weighted by atomic mass is 9.82. The third kappa shape index (κ3) is 2.03. The second-order valence-corrected chi connectivity index (χ2v) is 5.28. The van der Waals surface area contributed by atoms with Crippen molar-refractivity contribution >= 4 is 17.6 Å². The van der Waals surface area contributed by atoms with Crippen molar-refractivity contribution in [1.82, 2.24) is 5.32 Å². The fourth-order valence-electron chi connectivity index (χ4n) is 3.05. The van der Waals surface area contributed by atoms with Gasteiger partial charge in [-0.25, -0.2) is 9.69 Å². The zero-order valence-corrected chi connectivity index (χ0v) is 11.0. The van der Waals surface area contributed by atoms with Crippen molar-refractivity contribution in [1.29, 1.82) is 5.26 Å². The predicted octanol–water partition coefficient (Wildman–Crippen LogP) is 2.17. The van der Waals surface area contributed by atoms with E-state index in [0.717, 1.165) is 25.7 Å². The van der Waals surface area contributed by atoms with Crippen molar-refractivity contribution in [3.8, 4) is 6.07 Å². The molecule has 3 rings (SSSR count). The van der Waals surface area contributed by atoms with Crippen LogP contribution in [0.25, 0.3) is 0 Å². The van der Waals surface area contributed by atoms with Crippen molar-refractivity contribution in [3.05, 3.63) is 29.8 Å². The Balaban J connectivity index is 1.94. The summed E-state index contributed by atoms with van der Waals surface area (Å²) in [5, 5.41) is 11.8. The standard InChI is InChI=1S/C15H15N3O2/c16-9-10-4-3-5-11(8-10)18-14(19)12-6-1-2-7-13(12)17-15(18)20/h3-5,8,12-13H,1-2,6-7H2,(H,17,20). The Bertz CT molecular complexity index is 605. The molecule has 1 aromatic carbocycles. The monoisotopic (exact) mass is 269 g/mol. The Morgan fingerprint density at radius 2 is 2.05 bits per heavy atom. The van der Waals surface area contributed by atoms with E-state index in [1.807, 2.05) is 6.07 Å². The van der Waals surface area contributed by atoms with E-state index in [4.69, 9.17) is 5.26 Å². The number of imide groups is 1. The SMILES string of the molecule is N#Cc1cccc(N2C(=O)NC3CCCCC3C2=O)c1. The first-order chi connectivity index (χ1) is 9.70. The smallest absolute Gasteiger partial charge is 0.328 e. The lowest BCUT2D eigenvalue weighted by Gasteiger charge is -2.39. The first-order valence-electron chi connectivity index (χ1n) is 6.85. The van der Waals surface area contributed by atoms with Gasteiger partial charge in [-0.05, 0) is 31.0 Å². The van der Waals surface area contributed by atoms with Gasteiger partial charge in [0.15, 0.2) is 0 Å². The van der Waals surface area contributed by atoms with Crippen molar-refractivity contribution < 1.29 is 9.59 Å². The minimum atomic E-state index is -0.381. The summed E-state index contributed by atoms with van der Waals surface area (Å²) in [6.45, 7) is 0. The summed E-state index contributed by atoms with van der Waals surface area (Å²) in [7, 11) is 0. The Morgan fingerprint density at radius 3 is 2.85 bits per heavy atom. The zero-order chi connectivity index (χ0) is 14.1. The lowest BCUT2D eigenvalue weighted by molar-refractivity contribution is -0.124. The van der Waals surface area contributed by atoms with Crippen LogP contribution < -0.4 is 10.2 Å². The molecule has 1 saturated heterocycles. The van der Waals surface area contributed by atoms with Crippen molar-refractivity contribution in [2.24, 2.45) is 5.92 Å². The van der Waals surface area contributed by atoms with Gasteiger partial charge in [0.1, 0.15) is 0 Å². The van der Waals surface area contributed by atoms with Crippen LogP contribution in [0.5, 0.6) is 0 Å². The first kappa shape index (κ1) is 12.7. The number of nitrogens with one attached hydrogen (secondary N) is 1. The van der Waals surface area contributed by atoms with Crippen LogP contribution in [0, 0.1) is 17.2 Å². The molecule has 2 fully saturated rings. The lowest BCUT2D eigenvalue weighted by Crippen LogP contribution is -2.61. The summed E-state index contributed by atoms with van der Waals surface area (Å²) in [6.07, 6.45) is 3.76. The van der Waals surface area contributed by atoms with Crippen LogP contribution in [0.3, 0.4) is 0 Å². The highest BCUT2D eigenvalue weighted by molar-refractivity contribution is 6.17. The van der Waals surface area contributed by atoms with E-state index in [2.05, 4.69) is 5.32 Å². The molecular formula is C15H15N3O2. The molecule has 20 heavy (non-hydrogen) atoms. The molecule has 1 aliphatic heterocycles. The molecule has 1 heterocycles. The van der Waals surface area contributed by atoms with E-state index >= 15 is 0 Å². The molecule has 1 aromatic rings. The quantitative estimate of drug-likeness (QED) is 0.849. The van der Waals surface area contributed by atoms with Crippen LogP contribution in [0.4, 0.5) is 10.5 Å². The normalized spacial score (nSPS) is 25.6. The maximum atomic E-state index is 12.6. The number of nitrogens with zero attached hydrogens (tertiary/aromatic N) is 2. The largest absolute Gasteiger partial charge is 0.334 e. The molecule has 102 valence electrons. The van der Waals surface area contributed by atoms with Gasteiger partial charge in [0.05, 0.1) is 23.2 Å². The maximum absolute atomic E-state index is 12.6. The van der Waals surface area contributed by atoms with E-state index in [1.165, 1.54) is 4.90 Å². The molecule has 1 aliphatic carbocycles. The van der Waals surface area contributed by atoms with E-state index in [-0.39, 0.29) is 23.9 Å². The van der Waals surface area contributed by atoms with Gasteiger partial charge in [-0.15, -0.1) is 0 Å². The van der Waals surface area contributed by atoms with Crippen LogP contribution in [-0.4, -0.2) is 18.0 Å². The molecule has 2 unspecified atom stereocenters. The number of rotatable bonds is 1. The molecule has 0 aromatic heterocycles. The summed E-state index contributed by atoms with van der Waals surface area (Å²) < 4.78 is 0. The molecular weight excluding hydrogens is 254 g/mol. The Labute approximate surface area is 117 Å². The molecule has 5 heteroatoms. The van der Waals surface area contributed by atoms with Gasteiger partial charge in [-0.1, -0.05) is 18.9 Å². The maximum Gasteiger partial charge on any atom is 0.328 e. The number of amides is 3. The predicted molar refractivity (Wildman–Crippen MR) is 72.9 cm³/mol. The number of anilines is 1. The number of nitriles is 1. The first-order valence-corrected chi connectivity index (χ1v) is 6.85. The van der Waals surface area contributed by atoms with Crippen LogP contribution in [0.1, 0.15) is 31.2 Å². The van der Waals surface area contributed by atoms with Crippen molar-refractivity contribution in [2.45, 2.75) is 31.7 Å². The molecule has 0 radical (unpaired) electrons. The van der Waals surface area contributed by atoms with Crippen molar-refractivity contribution in [2.75, 3.05) is 4.90 Å². The van der Waals surface area contributed by atoms with Crippen LogP contribution in [0.15, 0.2) is 24.3 Å². The molecule has 2 aliphatic rings. The molecule has 0 bridgehead atoms. The van der Waals surface area contributed by atoms with Crippen LogP contribution >= 0.6 is 0 Å². The number of hydrogen-bond donors (Lipinski definition) is 1. The van der Waals surface area contributed by atoms with E-state index in [9.17, 15) is 9.59 Å². The summed E-state index contributed by atoms with van der Waals surface area (Å²) in [4.78, 5) is 25.9. The van der Waals surface area contributed by atoms with Gasteiger partial charge in [0.25, 0.3) is 0 Å². The summed E-state index contributed by atoms with van der Waals surface area (Å²) in [6, 6.07) is 8.20. The number of carbonyl (C=O) groups excluding carboxylic acids is 2. The number of urea groups is 1. The number of hydrogen-bond acceptors (Lipinski definition) is 3. The number of benzene rings is 1. The Morgan fingerprint density at radius 1 is 1.25 bits per heavy atom. The highest BCUT2D eigenvalue weighted by Crippen LogP contribution is 2.31. The average molecular weight is 269 g/mol. The van der Waals surface area contributed by atoms with E-state index < -0.39 is 0 Å². The summed E-state index contributed by atoms with van der Waals surface area (Å²) in [5.74, 6) is -0.277. The highest BCUT2D eigenvalue weighted by atomic mass is 16.2. The fraction of sp³-hybridized carbons (Fsp3) is 0.400. The average Bonchev–Trinajstić information content (AvgIpc) is 2.47. The summed E-state index contributed by atoms with van der Waals surface area (Å²) in [5.41, 5.74) is 0.907. The molecule has 1 saturated carbocycles. The van der Waals surface area contributed by atoms with Gasteiger partial charge in [-0.3, -0.25) is 4.79 Å². The van der Waals surface area contributed by atoms with Crippen molar-refractivity contribution in [3.63, 3.8) is 0 Å². The fourth-order valence-corrected chi connectivity index (χ4v) is 3.05. The van der Waals surface area contributed by atoms with Crippen LogP contribution in [-0.2, 0) is 4.79 Å². The Hall–Kier alpha value is -2.35. The van der Waals surface area contributed by atoms with E-state index in [0.29, 0.717) is 11.3 Å². The summed E-state index contributed by atoms with van der Waals surface area (Å²) >= 11 is 0. The van der Waals surface area contributed by atoms with Gasteiger partial charge < -0.3 is 5.32 Å². The van der Waals surface area contributed by atoms with Gasteiger partial charge in [0, 0.05) is 6.04 Å². The molecule has 3 amide bonds. The van der Waals surface area contributed by atoms with E-state index in [1.54, 1.807) is 24.3 Å². The second-order valence-electron chi connectivity index (χ2n) is 5.28. The minimum absolute atomic E-state index is 0.0286. The van der Waals surface area contributed by atoms with Gasteiger partial charge >= 0.3 is 6.03 Å².